The number of para-hydroxylation sites is 1. The maximum atomic E-state index is 12.2. The Labute approximate surface area is 164 Å². The molecule has 1 aromatic carbocycles. The summed E-state index contributed by atoms with van der Waals surface area (Å²) >= 11 is 6.25. The van der Waals surface area contributed by atoms with E-state index >= 15 is 0 Å². The fraction of sp³-hybridized carbons (Fsp3) is 0.450. The Kier molecular flexibility index (Phi) is 5.43. The molecular formula is C20H24ClN5O. The minimum atomic E-state index is -0.189. The first kappa shape index (κ1) is 18.0. The van der Waals surface area contributed by atoms with E-state index < -0.39 is 0 Å². The van der Waals surface area contributed by atoms with Crippen molar-refractivity contribution in [3.05, 3.63) is 47.4 Å². The van der Waals surface area contributed by atoms with E-state index in [9.17, 15) is 4.79 Å². The van der Waals surface area contributed by atoms with E-state index in [4.69, 9.17) is 16.6 Å². The van der Waals surface area contributed by atoms with Gasteiger partial charge in [-0.2, -0.15) is 0 Å². The molecule has 2 heterocycles. The SMILES string of the molecule is O=C(NCC1CCCCN1c1cc(Cl)nc(C2CC2)n1)Nc1ccccc1. The lowest BCUT2D eigenvalue weighted by molar-refractivity contribution is 0.250. The molecule has 1 saturated carbocycles. The van der Waals surface area contributed by atoms with Gasteiger partial charge in [-0.25, -0.2) is 14.8 Å². The Hall–Kier alpha value is -2.34. The normalized spacial score (nSPS) is 19.6. The lowest BCUT2D eigenvalue weighted by Gasteiger charge is -2.37. The largest absolute Gasteiger partial charge is 0.352 e. The van der Waals surface area contributed by atoms with Gasteiger partial charge < -0.3 is 15.5 Å². The molecule has 2 fully saturated rings. The molecule has 2 amide bonds. The van der Waals surface area contributed by atoms with Gasteiger partial charge in [0.15, 0.2) is 0 Å². The van der Waals surface area contributed by atoms with Crippen LogP contribution in [0.25, 0.3) is 0 Å². The summed E-state index contributed by atoms with van der Waals surface area (Å²) in [6, 6.07) is 11.3. The molecule has 7 heteroatoms. The summed E-state index contributed by atoms with van der Waals surface area (Å²) < 4.78 is 0. The molecular weight excluding hydrogens is 362 g/mol. The molecule has 6 nitrogen and oxygen atoms in total. The minimum Gasteiger partial charge on any atom is -0.352 e. The number of benzene rings is 1. The van der Waals surface area contributed by atoms with Crippen molar-refractivity contribution in [1.29, 1.82) is 0 Å². The Balaban J connectivity index is 1.41. The number of rotatable bonds is 5. The molecule has 0 bridgehead atoms. The van der Waals surface area contributed by atoms with E-state index in [2.05, 4.69) is 20.5 Å². The third-order valence-electron chi connectivity index (χ3n) is 5.09. The molecule has 1 aliphatic carbocycles. The Morgan fingerprint density at radius 3 is 2.74 bits per heavy atom. The first-order valence-corrected chi connectivity index (χ1v) is 9.98. The average molecular weight is 386 g/mol. The Morgan fingerprint density at radius 1 is 1.15 bits per heavy atom. The third kappa shape index (κ3) is 4.69. The number of amides is 2. The van der Waals surface area contributed by atoms with Crippen molar-refractivity contribution in [3.63, 3.8) is 0 Å². The number of hydrogen-bond donors (Lipinski definition) is 2. The molecule has 0 radical (unpaired) electrons. The zero-order valence-electron chi connectivity index (χ0n) is 15.2. The monoisotopic (exact) mass is 385 g/mol. The van der Waals surface area contributed by atoms with E-state index in [1.54, 1.807) is 0 Å². The van der Waals surface area contributed by atoms with Crippen LogP contribution in [0.2, 0.25) is 5.15 Å². The maximum Gasteiger partial charge on any atom is 0.319 e. The summed E-state index contributed by atoms with van der Waals surface area (Å²) in [6.07, 6.45) is 5.57. The topological polar surface area (TPSA) is 70.2 Å². The summed E-state index contributed by atoms with van der Waals surface area (Å²) in [7, 11) is 0. The van der Waals surface area contributed by atoms with Gasteiger partial charge in [-0.05, 0) is 44.2 Å². The van der Waals surface area contributed by atoms with Crippen LogP contribution in [0.3, 0.4) is 0 Å². The number of halogens is 1. The molecule has 2 aliphatic rings. The predicted molar refractivity (Wildman–Crippen MR) is 107 cm³/mol. The highest BCUT2D eigenvalue weighted by Gasteiger charge is 2.30. The van der Waals surface area contributed by atoms with Crippen molar-refractivity contribution in [2.75, 3.05) is 23.3 Å². The lowest BCUT2D eigenvalue weighted by Crippen LogP contribution is -2.48. The molecule has 2 aromatic rings. The molecule has 1 atom stereocenters. The number of nitrogens with one attached hydrogen (secondary N) is 2. The van der Waals surface area contributed by atoms with Gasteiger partial charge in [0, 0.05) is 36.8 Å². The number of hydrogen-bond acceptors (Lipinski definition) is 4. The van der Waals surface area contributed by atoms with Crippen molar-refractivity contribution in [2.24, 2.45) is 0 Å². The van der Waals surface area contributed by atoms with Gasteiger partial charge in [-0.15, -0.1) is 0 Å². The fourth-order valence-corrected chi connectivity index (χ4v) is 3.70. The second kappa shape index (κ2) is 8.13. The summed E-state index contributed by atoms with van der Waals surface area (Å²) in [5.74, 6) is 2.20. The van der Waals surface area contributed by atoms with E-state index in [0.717, 1.165) is 56.0 Å². The van der Waals surface area contributed by atoms with Crippen LogP contribution in [0.1, 0.15) is 43.8 Å². The zero-order valence-corrected chi connectivity index (χ0v) is 16.0. The van der Waals surface area contributed by atoms with Crippen molar-refractivity contribution in [2.45, 2.75) is 44.1 Å². The number of piperidine rings is 1. The van der Waals surface area contributed by atoms with Crippen LogP contribution in [-0.2, 0) is 0 Å². The van der Waals surface area contributed by atoms with Gasteiger partial charge in [0.1, 0.15) is 16.8 Å². The zero-order chi connectivity index (χ0) is 18.6. The first-order chi connectivity index (χ1) is 13.2. The number of aromatic nitrogens is 2. The van der Waals surface area contributed by atoms with Crippen LogP contribution in [-0.4, -0.2) is 35.1 Å². The van der Waals surface area contributed by atoms with Gasteiger partial charge in [0.05, 0.1) is 0 Å². The number of nitrogens with zero attached hydrogens (tertiary/aromatic N) is 3. The van der Waals surface area contributed by atoms with Crippen molar-refractivity contribution >= 4 is 29.1 Å². The van der Waals surface area contributed by atoms with E-state index in [0.29, 0.717) is 17.6 Å². The number of carbonyl (C=O) groups excluding carboxylic acids is 1. The molecule has 0 spiro atoms. The number of urea groups is 1. The molecule has 1 saturated heterocycles. The van der Waals surface area contributed by atoms with Crippen molar-refractivity contribution in [1.82, 2.24) is 15.3 Å². The molecule has 1 aliphatic heterocycles. The molecule has 142 valence electrons. The van der Waals surface area contributed by atoms with Crippen LogP contribution >= 0.6 is 11.6 Å². The van der Waals surface area contributed by atoms with E-state index in [-0.39, 0.29) is 12.1 Å². The van der Waals surface area contributed by atoms with Gasteiger partial charge in [-0.1, -0.05) is 29.8 Å². The predicted octanol–water partition coefficient (Wildman–Crippen LogP) is 4.19. The van der Waals surface area contributed by atoms with E-state index in [1.807, 2.05) is 36.4 Å². The van der Waals surface area contributed by atoms with Crippen LogP contribution in [0, 0.1) is 0 Å². The Morgan fingerprint density at radius 2 is 1.96 bits per heavy atom. The second-order valence-electron chi connectivity index (χ2n) is 7.23. The van der Waals surface area contributed by atoms with E-state index in [1.165, 1.54) is 0 Å². The Bertz CT molecular complexity index is 796. The average Bonchev–Trinajstić information content (AvgIpc) is 3.52. The van der Waals surface area contributed by atoms with Crippen molar-refractivity contribution in [3.8, 4) is 0 Å². The second-order valence-corrected chi connectivity index (χ2v) is 7.61. The number of anilines is 2. The van der Waals surface area contributed by atoms with Crippen molar-refractivity contribution < 1.29 is 4.79 Å². The highest BCUT2D eigenvalue weighted by atomic mass is 35.5. The first-order valence-electron chi connectivity index (χ1n) is 9.60. The third-order valence-corrected chi connectivity index (χ3v) is 5.29. The molecule has 1 aromatic heterocycles. The fourth-order valence-electron chi connectivity index (χ4n) is 3.52. The van der Waals surface area contributed by atoms with Gasteiger partial charge in [-0.3, -0.25) is 0 Å². The highest BCUT2D eigenvalue weighted by Crippen LogP contribution is 2.39. The van der Waals surface area contributed by atoms with Gasteiger partial charge >= 0.3 is 6.03 Å². The summed E-state index contributed by atoms with van der Waals surface area (Å²) in [6.45, 7) is 1.49. The lowest BCUT2D eigenvalue weighted by atomic mass is 10.0. The molecule has 4 rings (SSSR count). The molecule has 27 heavy (non-hydrogen) atoms. The summed E-state index contributed by atoms with van der Waals surface area (Å²) in [5, 5.41) is 6.36. The summed E-state index contributed by atoms with van der Waals surface area (Å²) in [5.41, 5.74) is 0.784. The van der Waals surface area contributed by atoms with Crippen LogP contribution in [0.15, 0.2) is 36.4 Å². The van der Waals surface area contributed by atoms with Crippen LogP contribution < -0.4 is 15.5 Å². The quantitative estimate of drug-likeness (QED) is 0.757. The highest BCUT2D eigenvalue weighted by molar-refractivity contribution is 6.29. The van der Waals surface area contributed by atoms with Gasteiger partial charge in [0.25, 0.3) is 0 Å². The molecule has 2 N–H and O–H groups in total. The summed E-state index contributed by atoms with van der Waals surface area (Å²) in [4.78, 5) is 23.6. The minimum absolute atomic E-state index is 0.189. The number of carbonyl (C=O) groups is 1. The van der Waals surface area contributed by atoms with Crippen LogP contribution in [0.4, 0.5) is 16.3 Å². The smallest absolute Gasteiger partial charge is 0.319 e. The molecule has 1 unspecified atom stereocenters. The standard InChI is InChI=1S/C20H24ClN5O/c21-17-12-18(25-19(24-17)14-9-10-14)26-11-5-4-8-16(26)13-22-20(27)23-15-6-2-1-3-7-15/h1-3,6-7,12,14,16H,4-5,8-11,13H2,(H2,22,23,27). The van der Waals surface area contributed by atoms with Gasteiger partial charge in [0.2, 0.25) is 0 Å². The van der Waals surface area contributed by atoms with Crippen LogP contribution in [0.5, 0.6) is 0 Å². The maximum absolute atomic E-state index is 12.2.